The molecular formula is C13H25N3O3S. The van der Waals surface area contributed by atoms with Gasteiger partial charge in [-0.1, -0.05) is 6.92 Å². The molecule has 0 aliphatic carbocycles. The van der Waals surface area contributed by atoms with Crippen molar-refractivity contribution in [2.75, 3.05) is 25.4 Å². The fourth-order valence-corrected chi connectivity index (χ4v) is 4.72. The molecule has 2 fully saturated rings. The number of rotatable bonds is 5. The molecule has 1 atom stereocenters. The molecule has 0 aromatic carbocycles. The number of carbonyl (C=O) groups is 1. The highest BCUT2D eigenvalue weighted by Crippen LogP contribution is 2.22. The van der Waals surface area contributed by atoms with Crippen molar-refractivity contribution < 1.29 is 13.2 Å². The van der Waals surface area contributed by atoms with E-state index in [1.807, 2.05) is 6.92 Å². The summed E-state index contributed by atoms with van der Waals surface area (Å²) in [5, 5.41) is 6.27. The van der Waals surface area contributed by atoms with Crippen LogP contribution in [0.3, 0.4) is 0 Å². The fourth-order valence-electron chi connectivity index (χ4n) is 2.97. The Labute approximate surface area is 121 Å². The number of carbonyl (C=O) groups excluding carboxylic acids is 1. The van der Waals surface area contributed by atoms with E-state index in [4.69, 9.17) is 0 Å². The zero-order valence-electron chi connectivity index (χ0n) is 12.1. The van der Waals surface area contributed by atoms with E-state index in [2.05, 4.69) is 10.6 Å². The Morgan fingerprint density at radius 1 is 1.30 bits per heavy atom. The Hall–Kier alpha value is -0.660. The number of piperidine rings is 1. The summed E-state index contributed by atoms with van der Waals surface area (Å²) >= 11 is 0. The Morgan fingerprint density at radius 2 is 2.00 bits per heavy atom. The monoisotopic (exact) mass is 303 g/mol. The van der Waals surface area contributed by atoms with Gasteiger partial charge in [-0.25, -0.2) is 8.42 Å². The summed E-state index contributed by atoms with van der Waals surface area (Å²) in [4.78, 5) is 12.3. The molecule has 1 unspecified atom stereocenters. The van der Waals surface area contributed by atoms with Crippen LogP contribution < -0.4 is 10.6 Å². The van der Waals surface area contributed by atoms with Gasteiger partial charge in [0.2, 0.25) is 15.9 Å². The third-order valence-corrected chi connectivity index (χ3v) is 6.09. The highest BCUT2D eigenvalue weighted by molar-refractivity contribution is 7.89. The molecule has 6 nitrogen and oxygen atoms in total. The lowest BCUT2D eigenvalue weighted by Gasteiger charge is -2.28. The van der Waals surface area contributed by atoms with Crippen LogP contribution >= 0.6 is 0 Å². The molecular weight excluding hydrogens is 278 g/mol. The second kappa shape index (κ2) is 6.87. The highest BCUT2D eigenvalue weighted by atomic mass is 32.2. The molecule has 2 heterocycles. The zero-order valence-corrected chi connectivity index (χ0v) is 12.9. The van der Waals surface area contributed by atoms with Crippen LogP contribution in [0.5, 0.6) is 0 Å². The van der Waals surface area contributed by atoms with Gasteiger partial charge in [0, 0.05) is 12.6 Å². The van der Waals surface area contributed by atoms with Crippen LogP contribution in [0, 0.1) is 0 Å². The van der Waals surface area contributed by atoms with Crippen LogP contribution in [0.15, 0.2) is 0 Å². The van der Waals surface area contributed by atoms with E-state index in [1.54, 1.807) is 0 Å². The molecule has 2 aliphatic heterocycles. The minimum absolute atomic E-state index is 0.117. The first-order valence-electron chi connectivity index (χ1n) is 7.55. The topological polar surface area (TPSA) is 78.5 Å². The van der Waals surface area contributed by atoms with Crippen molar-refractivity contribution in [1.82, 2.24) is 14.9 Å². The molecule has 1 amide bonds. The summed E-state index contributed by atoms with van der Waals surface area (Å²) < 4.78 is 25.8. The first kappa shape index (κ1) is 15.7. The number of amides is 1. The van der Waals surface area contributed by atoms with Gasteiger partial charge >= 0.3 is 0 Å². The maximum absolute atomic E-state index is 12.3. The molecule has 20 heavy (non-hydrogen) atoms. The molecule has 7 heteroatoms. The number of hydrogen-bond donors (Lipinski definition) is 2. The molecule has 0 radical (unpaired) electrons. The van der Waals surface area contributed by atoms with Crippen molar-refractivity contribution in [2.24, 2.45) is 0 Å². The van der Waals surface area contributed by atoms with Crippen molar-refractivity contribution in [1.29, 1.82) is 0 Å². The predicted molar refractivity (Wildman–Crippen MR) is 77.8 cm³/mol. The summed E-state index contributed by atoms with van der Waals surface area (Å²) in [6, 6.07) is -0.318. The van der Waals surface area contributed by atoms with Crippen molar-refractivity contribution in [3.05, 3.63) is 0 Å². The third-order valence-electron chi connectivity index (χ3n) is 4.01. The Morgan fingerprint density at radius 3 is 2.65 bits per heavy atom. The van der Waals surface area contributed by atoms with Crippen LogP contribution in [-0.4, -0.2) is 56.1 Å². The van der Waals surface area contributed by atoms with E-state index < -0.39 is 16.1 Å². The third kappa shape index (κ3) is 3.71. The van der Waals surface area contributed by atoms with Crippen LogP contribution in [0.1, 0.15) is 39.0 Å². The number of sulfonamides is 1. The Balaban J connectivity index is 1.97. The summed E-state index contributed by atoms with van der Waals surface area (Å²) in [5.41, 5.74) is 0. The van der Waals surface area contributed by atoms with E-state index in [9.17, 15) is 13.2 Å². The smallest absolute Gasteiger partial charge is 0.238 e. The van der Waals surface area contributed by atoms with Gasteiger partial charge in [0.1, 0.15) is 6.04 Å². The van der Waals surface area contributed by atoms with Gasteiger partial charge in [-0.05, 0) is 45.2 Å². The van der Waals surface area contributed by atoms with E-state index in [0.29, 0.717) is 19.4 Å². The van der Waals surface area contributed by atoms with Crippen LogP contribution in [0.25, 0.3) is 0 Å². The lowest BCUT2D eigenvalue weighted by molar-refractivity contribution is -0.125. The molecule has 0 saturated carbocycles. The molecule has 0 bridgehead atoms. The van der Waals surface area contributed by atoms with Crippen molar-refractivity contribution in [3.63, 3.8) is 0 Å². The Bertz CT molecular complexity index is 432. The summed E-state index contributed by atoms with van der Waals surface area (Å²) in [5.74, 6) is 0.0125. The number of nitrogens with one attached hydrogen (secondary N) is 2. The highest BCUT2D eigenvalue weighted by Gasteiger charge is 2.38. The normalized spacial score (nSPS) is 25.8. The molecule has 0 spiro atoms. The van der Waals surface area contributed by atoms with Crippen molar-refractivity contribution in [2.45, 2.75) is 51.1 Å². The Kier molecular flexibility index (Phi) is 5.40. The average Bonchev–Trinajstić information content (AvgIpc) is 2.90. The maximum Gasteiger partial charge on any atom is 0.238 e. The van der Waals surface area contributed by atoms with E-state index in [1.165, 1.54) is 4.31 Å². The lowest BCUT2D eigenvalue weighted by Crippen LogP contribution is -2.51. The van der Waals surface area contributed by atoms with Gasteiger partial charge in [0.05, 0.1) is 5.75 Å². The van der Waals surface area contributed by atoms with E-state index >= 15 is 0 Å². The van der Waals surface area contributed by atoms with Gasteiger partial charge in [-0.2, -0.15) is 4.31 Å². The first-order chi connectivity index (χ1) is 9.54. The van der Waals surface area contributed by atoms with E-state index in [0.717, 1.165) is 32.4 Å². The van der Waals surface area contributed by atoms with Gasteiger partial charge in [0.25, 0.3) is 0 Å². The first-order valence-corrected chi connectivity index (χ1v) is 9.16. The minimum atomic E-state index is -3.28. The summed E-state index contributed by atoms with van der Waals surface area (Å²) in [6.45, 7) is 4.14. The molecule has 2 saturated heterocycles. The number of nitrogens with zero attached hydrogens (tertiary/aromatic N) is 1. The SMILES string of the molecule is CCCS(=O)(=O)N1CCCC1C(=O)NC1CCNCC1. The standard InChI is InChI=1S/C13H25N3O3S/c1-2-10-20(18,19)16-9-3-4-12(16)13(17)15-11-5-7-14-8-6-11/h11-12,14H,2-10H2,1H3,(H,15,17). The quantitative estimate of drug-likeness (QED) is 0.753. The molecule has 2 rings (SSSR count). The molecule has 116 valence electrons. The van der Waals surface area contributed by atoms with Crippen LogP contribution in [0.4, 0.5) is 0 Å². The summed E-state index contributed by atoms with van der Waals surface area (Å²) in [7, 11) is -3.28. The van der Waals surface area contributed by atoms with E-state index in [-0.39, 0.29) is 17.7 Å². The van der Waals surface area contributed by atoms with Crippen molar-refractivity contribution in [3.8, 4) is 0 Å². The maximum atomic E-state index is 12.3. The second-order valence-electron chi connectivity index (χ2n) is 5.62. The predicted octanol–water partition coefficient (Wildman–Crippen LogP) is 0.0588. The van der Waals surface area contributed by atoms with Crippen molar-refractivity contribution >= 4 is 15.9 Å². The lowest BCUT2D eigenvalue weighted by atomic mass is 10.1. The van der Waals surface area contributed by atoms with Crippen LogP contribution in [0.2, 0.25) is 0 Å². The summed E-state index contributed by atoms with van der Waals surface area (Å²) in [6.07, 6.45) is 3.83. The fraction of sp³-hybridized carbons (Fsp3) is 0.923. The van der Waals surface area contributed by atoms with Gasteiger partial charge in [0.15, 0.2) is 0 Å². The molecule has 0 aromatic rings. The van der Waals surface area contributed by atoms with Gasteiger partial charge in [-0.3, -0.25) is 4.79 Å². The minimum Gasteiger partial charge on any atom is -0.352 e. The van der Waals surface area contributed by atoms with Crippen LogP contribution in [-0.2, 0) is 14.8 Å². The second-order valence-corrected chi connectivity index (χ2v) is 7.66. The zero-order chi connectivity index (χ0) is 14.6. The van der Waals surface area contributed by atoms with Gasteiger partial charge in [-0.15, -0.1) is 0 Å². The molecule has 0 aromatic heterocycles. The molecule has 2 N–H and O–H groups in total. The average molecular weight is 303 g/mol. The number of hydrogen-bond acceptors (Lipinski definition) is 4. The molecule has 2 aliphatic rings. The van der Waals surface area contributed by atoms with Gasteiger partial charge < -0.3 is 10.6 Å². The largest absolute Gasteiger partial charge is 0.352 e.